The van der Waals surface area contributed by atoms with Gasteiger partial charge in [-0.1, -0.05) is 26.2 Å². The Balaban J connectivity index is 1.77. The summed E-state index contributed by atoms with van der Waals surface area (Å²) >= 11 is 1.76. The van der Waals surface area contributed by atoms with Gasteiger partial charge in [-0.05, 0) is 25.2 Å². The van der Waals surface area contributed by atoms with E-state index >= 15 is 0 Å². The maximum atomic E-state index is 4.28. The normalized spacial score (nSPS) is 19.9. The molecule has 1 aliphatic rings. The van der Waals surface area contributed by atoms with Crippen LogP contribution in [0.5, 0.6) is 0 Å². The Kier molecular flexibility index (Phi) is 3.98. The highest BCUT2D eigenvalue weighted by Crippen LogP contribution is 2.35. The van der Waals surface area contributed by atoms with E-state index in [1.165, 1.54) is 42.7 Å². The molecule has 0 bridgehead atoms. The second kappa shape index (κ2) is 5.28. The van der Waals surface area contributed by atoms with Gasteiger partial charge in [-0.3, -0.25) is 0 Å². The van der Waals surface area contributed by atoms with Gasteiger partial charge < -0.3 is 5.32 Å². The first-order valence-corrected chi connectivity index (χ1v) is 7.17. The third-order valence-corrected chi connectivity index (χ3v) is 4.68. The van der Waals surface area contributed by atoms with Crippen molar-refractivity contribution in [2.75, 3.05) is 6.54 Å². The molecule has 0 unspecified atom stereocenters. The van der Waals surface area contributed by atoms with Crippen LogP contribution in [-0.4, -0.2) is 11.5 Å². The van der Waals surface area contributed by atoms with Crippen LogP contribution >= 0.6 is 11.3 Å². The summed E-state index contributed by atoms with van der Waals surface area (Å²) in [6, 6.07) is 0. The maximum Gasteiger partial charge on any atom is 0.0798 e. The lowest BCUT2D eigenvalue weighted by Gasteiger charge is -2.33. The van der Waals surface area contributed by atoms with Crippen LogP contribution in [0.1, 0.15) is 49.6 Å². The summed E-state index contributed by atoms with van der Waals surface area (Å²) in [5.74, 6) is 0. The first-order valence-electron chi connectivity index (χ1n) is 6.29. The van der Waals surface area contributed by atoms with Crippen molar-refractivity contribution < 1.29 is 0 Å². The summed E-state index contributed by atoms with van der Waals surface area (Å²) in [5.41, 5.74) is 3.66. The van der Waals surface area contributed by atoms with E-state index in [9.17, 15) is 0 Å². The summed E-state index contributed by atoms with van der Waals surface area (Å²) in [4.78, 5) is 5.67. The van der Waals surface area contributed by atoms with Crippen molar-refractivity contribution in [3.05, 3.63) is 16.1 Å². The molecule has 0 radical (unpaired) electrons. The average molecular weight is 238 g/mol. The summed E-state index contributed by atoms with van der Waals surface area (Å²) in [6.07, 6.45) is 7.04. The first kappa shape index (κ1) is 12.1. The zero-order chi connectivity index (χ0) is 11.4. The quantitative estimate of drug-likeness (QED) is 0.868. The Bertz CT molecular complexity index is 326. The van der Waals surface area contributed by atoms with Gasteiger partial charge in [0.2, 0.25) is 0 Å². The topological polar surface area (TPSA) is 24.9 Å². The van der Waals surface area contributed by atoms with Gasteiger partial charge in [0.1, 0.15) is 0 Å². The van der Waals surface area contributed by atoms with Gasteiger partial charge in [0.25, 0.3) is 0 Å². The minimum Gasteiger partial charge on any atom is -0.311 e. The molecule has 3 heteroatoms. The molecule has 1 heterocycles. The van der Waals surface area contributed by atoms with E-state index in [4.69, 9.17) is 0 Å². The number of nitrogens with one attached hydrogen (secondary N) is 1. The largest absolute Gasteiger partial charge is 0.311 e. The fourth-order valence-electron chi connectivity index (χ4n) is 2.56. The van der Waals surface area contributed by atoms with E-state index in [-0.39, 0.29) is 0 Å². The Morgan fingerprint density at radius 1 is 1.38 bits per heavy atom. The van der Waals surface area contributed by atoms with Crippen molar-refractivity contribution in [3.8, 4) is 0 Å². The first-order chi connectivity index (χ1) is 7.70. The van der Waals surface area contributed by atoms with Crippen molar-refractivity contribution in [3.63, 3.8) is 0 Å². The molecule has 1 aliphatic carbocycles. The van der Waals surface area contributed by atoms with Crippen LogP contribution in [0.4, 0.5) is 0 Å². The van der Waals surface area contributed by atoms with Crippen molar-refractivity contribution >= 4 is 11.3 Å². The minimum absolute atomic E-state index is 0.539. The molecular weight excluding hydrogens is 216 g/mol. The van der Waals surface area contributed by atoms with Gasteiger partial charge in [-0.15, -0.1) is 11.3 Å². The fraction of sp³-hybridized carbons (Fsp3) is 0.769. The number of hydrogen-bond acceptors (Lipinski definition) is 3. The lowest BCUT2D eigenvalue weighted by Crippen LogP contribution is -2.33. The molecule has 0 spiro atoms. The molecule has 2 rings (SSSR count). The van der Waals surface area contributed by atoms with Crippen molar-refractivity contribution in [1.29, 1.82) is 0 Å². The van der Waals surface area contributed by atoms with Gasteiger partial charge in [-0.2, -0.15) is 0 Å². The number of hydrogen-bond donors (Lipinski definition) is 1. The molecule has 1 aromatic rings. The van der Waals surface area contributed by atoms with Crippen LogP contribution in [0.25, 0.3) is 0 Å². The van der Waals surface area contributed by atoms with Crippen LogP contribution in [-0.2, 0) is 6.54 Å². The molecule has 0 saturated heterocycles. The van der Waals surface area contributed by atoms with Crippen molar-refractivity contribution in [2.45, 2.75) is 52.5 Å². The molecule has 16 heavy (non-hydrogen) atoms. The molecule has 2 nitrogen and oxygen atoms in total. The zero-order valence-electron chi connectivity index (χ0n) is 10.4. The van der Waals surface area contributed by atoms with Gasteiger partial charge in [-0.25, -0.2) is 4.98 Å². The van der Waals surface area contributed by atoms with E-state index in [1.54, 1.807) is 11.3 Å². The highest BCUT2D eigenvalue weighted by atomic mass is 32.1. The molecular formula is C13H22N2S. The smallest absolute Gasteiger partial charge is 0.0798 e. The van der Waals surface area contributed by atoms with Gasteiger partial charge in [0.05, 0.1) is 11.2 Å². The molecule has 90 valence electrons. The molecule has 0 atom stereocenters. The molecule has 1 saturated carbocycles. The number of rotatable bonds is 4. The van der Waals surface area contributed by atoms with E-state index in [0.717, 1.165) is 13.1 Å². The number of aryl methyl sites for hydroxylation is 1. The second-order valence-corrected chi connectivity index (χ2v) is 6.28. The molecule has 1 fully saturated rings. The van der Waals surface area contributed by atoms with Gasteiger partial charge >= 0.3 is 0 Å². The summed E-state index contributed by atoms with van der Waals surface area (Å²) < 4.78 is 0. The molecule has 0 aliphatic heterocycles. The van der Waals surface area contributed by atoms with Crippen LogP contribution in [0.15, 0.2) is 5.51 Å². The van der Waals surface area contributed by atoms with Crippen molar-refractivity contribution in [2.24, 2.45) is 5.41 Å². The van der Waals surface area contributed by atoms with Crippen LogP contribution in [0, 0.1) is 12.3 Å². The Morgan fingerprint density at radius 3 is 2.75 bits per heavy atom. The Morgan fingerprint density at radius 2 is 2.12 bits per heavy atom. The van der Waals surface area contributed by atoms with Crippen molar-refractivity contribution in [1.82, 2.24) is 10.3 Å². The number of aromatic nitrogens is 1. The fourth-order valence-corrected chi connectivity index (χ4v) is 3.30. The monoisotopic (exact) mass is 238 g/mol. The lowest BCUT2D eigenvalue weighted by atomic mass is 9.76. The zero-order valence-corrected chi connectivity index (χ0v) is 11.2. The standard InChI is InChI=1S/C13H22N2S/c1-11-12(16-10-15-11)8-14-9-13(2)6-4-3-5-7-13/h10,14H,3-9H2,1-2H3. The van der Waals surface area contributed by atoms with Crippen LogP contribution in [0.2, 0.25) is 0 Å². The Labute approximate surface area is 102 Å². The highest BCUT2D eigenvalue weighted by Gasteiger charge is 2.26. The van der Waals surface area contributed by atoms with Crippen LogP contribution in [0.3, 0.4) is 0 Å². The molecule has 1 aromatic heterocycles. The minimum atomic E-state index is 0.539. The van der Waals surface area contributed by atoms with E-state index < -0.39 is 0 Å². The van der Waals surface area contributed by atoms with Gasteiger partial charge in [0.15, 0.2) is 0 Å². The predicted octanol–water partition coefficient (Wildman–Crippen LogP) is 3.51. The number of thiazole rings is 1. The third-order valence-electron chi connectivity index (χ3n) is 3.74. The molecule has 0 aromatic carbocycles. The second-order valence-electron chi connectivity index (χ2n) is 5.34. The van der Waals surface area contributed by atoms with Gasteiger partial charge in [0, 0.05) is 18.0 Å². The summed E-state index contributed by atoms with van der Waals surface area (Å²) in [5, 5.41) is 3.61. The predicted molar refractivity (Wildman–Crippen MR) is 69.7 cm³/mol. The van der Waals surface area contributed by atoms with E-state index in [0.29, 0.717) is 5.41 Å². The third kappa shape index (κ3) is 3.05. The summed E-state index contributed by atoms with van der Waals surface area (Å²) in [6.45, 7) is 6.67. The SMILES string of the molecule is Cc1ncsc1CNCC1(C)CCCCC1. The molecule has 0 amide bonds. The maximum absolute atomic E-state index is 4.28. The van der Waals surface area contributed by atoms with Crippen LogP contribution < -0.4 is 5.32 Å². The average Bonchev–Trinajstić information content (AvgIpc) is 2.65. The lowest BCUT2D eigenvalue weighted by molar-refractivity contribution is 0.207. The van der Waals surface area contributed by atoms with E-state index in [2.05, 4.69) is 24.1 Å². The number of nitrogens with zero attached hydrogens (tertiary/aromatic N) is 1. The molecule has 1 N–H and O–H groups in total. The highest BCUT2D eigenvalue weighted by molar-refractivity contribution is 7.09. The Hall–Kier alpha value is -0.410. The van der Waals surface area contributed by atoms with E-state index in [1.807, 2.05) is 5.51 Å². The summed E-state index contributed by atoms with van der Waals surface area (Å²) in [7, 11) is 0.